The predicted molar refractivity (Wildman–Crippen MR) is 146 cm³/mol. The van der Waals surface area contributed by atoms with Crippen molar-refractivity contribution in [2.75, 3.05) is 36.7 Å². The third kappa shape index (κ3) is 6.00. The molecule has 2 aromatic carbocycles. The Morgan fingerprint density at radius 3 is 1.86 bits per heavy atom. The van der Waals surface area contributed by atoms with Gasteiger partial charge in [-0.3, -0.25) is 33.8 Å². The summed E-state index contributed by atoms with van der Waals surface area (Å²) < 4.78 is 25.6. The van der Waals surface area contributed by atoms with Gasteiger partial charge in [-0.05, 0) is 35.9 Å². The Labute approximate surface area is 241 Å². The van der Waals surface area contributed by atoms with Gasteiger partial charge in [-0.25, -0.2) is 4.79 Å². The van der Waals surface area contributed by atoms with Crippen LogP contribution < -0.4 is 15.2 Å². The van der Waals surface area contributed by atoms with E-state index in [1.165, 1.54) is 42.5 Å². The van der Waals surface area contributed by atoms with Crippen molar-refractivity contribution in [3.8, 4) is 28.2 Å². The van der Waals surface area contributed by atoms with Crippen molar-refractivity contribution in [1.82, 2.24) is 0 Å². The molecular formula is C28H22N2O13. The smallest absolute Gasteiger partial charge is 0.336 e. The molecule has 2 N–H and O–H groups in total. The molecule has 15 heteroatoms. The zero-order valence-electron chi connectivity index (χ0n) is 22.0. The molecule has 15 nitrogen and oxygen atoms in total. The molecule has 222 valence electrons. The minimum absolute atomic E-state index is 0.110. The van der Waals surface area contributed by atoms with Gasteiger partial charge in [-0.1, -0.05) is 18.2 Å². The van der Waals surface area contributed by atoms with Gasteiger partial charge in [-0.2, -0.15) is 0 Å². The molecule has 0 saturated carbocycles. The number of aromatic carboxylic acids is 1. The van der Waals surface area contributed by atoms with E-state index in [2.05, 4.69) is 0 Å². The summed E-state index contributed by atoms with van der Waals surface area (Å²) in [5.41, 5.74) is -0.663. The summed E-state index contributed by atoms with van der Waals surface area (Å²) in [5.74, 6) is -1.88. The Morgan fingerprint density at radius 2 is 1.30 bits per heavy atom. The van der Waals surface area contributed by atoms with Crippen LogP contribution in [0.2, 0.25) is 0 Å². The monoisotopic (exact) mass is 594 g/mol. The lowest BCUT2D eigenvalue weighted by atomic mass is 9.89. The Bertz CT molecular complexity index is 1680. The summed E-state index contributed by atoms with van der Waals surface area (Å²) in [5, 5.41) is 21.2. The minimum atomic E-state index is -1.27. The van der Waals surface area contributed by atoms with Crippen molar-refractivity contribution in [2.45, 2.75) is 0 Å². The van der Waals surface area contributed by atoms with Gasteiger partial charge in [0.25, 0.3) is 25.9 Å². The zero-order chi connectivity index (χ0) is 30.9. The fraction of sp³-hybridized carbons (Fsp3) is 0.143. The van der Waals surface area contributed by atoms with Crippen LogP contribution in [0.3, 0.4) is 0 Å². The van der Waals surface area contributed by atoms with E-state index in [1.807, 2.05) is 0 Å². The number of phenols is 1. The van der Waals surface area contributed by atoms with Gasteiger partial charge in [0.1, 0.15) is 17.1 Å². The number of carboxylic acid groups (broad SMARTS) is 1. The molecule has 0 aromatic heterocycles. The first-order valence-corrected chi connectivity index (χ1v) is 12.2. The molecule has 0 fully saturated rings. The SMILES string of the molecule is O=COCN(COC=O)c1c2oc3c(N(COC=O)COC=O)c(O)ccc3c(-c3ccccc3C(=O)O)c-2ccc1=O. The molecule has 2 aromatic rings. The van der Waals surface area contributed by atoms with Crippen LogP contribution in [0.25, 0.3) is 33.4 Å². The molecule has 0 bridgehead atoms. The van der Waals surface area contributed by atoms with Gasteiger partial charge in [0, 0.05) is 16.5 Å². The van der Waals surface area contributed by atoms with Crippen molar-refractivity contribution in [2.24, 2.45) is 0 Å². The number of ether oxygens (including phenoxy) is 4. The first-order valence-electron chi connectivity index (χ1n) is 12.2. The van der Waals surface area contributed by atoms with E-state index in [1.54, 1.807) is 6.07 Å². The number of aromatic hydroxyl groups is 1. The maximum Gasteiger partial charge on any atom is 0.336 e. The average molecular weight is 594 g/mol. The highest BCUT2D eigenvalue weighted by Crippen LogP contribution is 2.48. The van der Waals surface area contributed by atoms with Crippen molar-refractivity contribution in [1.29, 1.82) is 0 Å². The van der Waals surface area contributed by atoms with Crippen LogP contribution in [0, 0.1) is 0 Å². The third-order valence-electron chi connectivity index (χ3n) is 6.20. The van der Waals surface area contributed by atoms with Crippen molar-refractivity contribution in [3.63, 3.8) is 0 Å². The summed E-state index contributed by atoms with van der Waals surface area (Å²) in [6.07, 6.45) is 0. The lowest BCUT2D eigenvalue weighted by Gasteiger charge is -2.27. The van der Waals surface area contributed by atoms with E-state index < -0.39 is 44.1 Å². The second kappa shape index (κ2) is 13.5. The van der Waals surface area contributed by atoms with Crippen LogP contribution in [-0.4, -0.2) is 69.0 Å². The van der Waals surface area contributed by atoms with Gasteiger partial charge in [0.2, 0.25) is 5.43 Å². The fourth-order valence-corrected chi connectivity index (χ4v) is 4.56. The maximum atomic E-state index is 13.3. The summed E-state index contributed by atoms with van der Waals surface area (Å²) in [7, 11) is 0. The number of carbonyl (C=O) groups is 5. The Balaban J connectivity index is 2.19. The predicted octanol–water partition coefficient (Wildman–Crippen LogP) is 2.10. The number of benzene rings is 3. The molecule has 1 aliphatic heterocycles. The maximum absolute atomic E-state index is 13.3. The summed E-state index contributed by atoms with van der Waals surface area (Å²) in [6.45, 7) is -1.70. The summed E-state index contributed by atoms with van der Waals surface area (Å²) >= 11 is 0. The molecule has 1 heterocycles. The van der Waals surface area contributed by atoms with Gasteiger partial charge >= 0.3 is 5.97 Å². The quantitative estimate of drug-likeness (QED) is 0.0826. The normalized spacial score (nSPS) is 10.5. The Hall–Kier alpha value is -6.12. The third-order valence-corrected chi connectivity index (χ3v) is 6.20. The van der Waals surface area contributed by atoms with Gasteiger partial charge in [0.05, 0.1) is 5.56 Å². The highest BCUT2D eigenvalue weighted by atomic mass is 16.6. The molecule has 0 saturated heterocycles. The van der Waals surface area contributed by atoms with Crippen molar-refractivity contribution >= 4 is 54.2 Å². The first-order chi connectivity index (χ1) is 20.9. The molecule has 0 amide bonds. The number of nitrogens with zero attached hydrogens (tertiary/aromatic N) is 2. The second-order valence-electron chi connectivity index (χ2n) is 8.57. The summed E-state index contributed by atoms with van der Waals surface area (Å²) in [6, 6.07) is 11.3. The fourth-order valence-electron chi connectivity index (χ4n) is 4.56. The standard InChI is InChI=1S/C28H22N2O13/c31-13-39-9-29(10-40-14-32)24-21(35)7-5-19-23(17-3-1-2-4-18(17)28(37)38)20-6-8-22(36)25(27(20)43-26(19)24)30(11-41-15-33)12-42-16-34/h1-8,13-16,35H,9-12H2,(H,37,38). The molecule has 0 spiro atoms. The highest BCUT2D eigenvalue weighted by molar-refractivity contribution is 6.11. The zero-order valence-corrected chi connectivity index (χ0v) is 22.0. The number of phenolic OH excluding ortho intramolecular Hbond substituents is 1. The van der Waals surface area contributed by atoms with E-state index in [0.29, 0.717) is 0 Å². The lowest BCUT2D eigenvalue weighted by Crippen LogP contribution is -2.33. The first kappa shape index (κ1) is 29.9. The number of carbonyl (C=O) groups excluding carboxylic acids is 4. The van der Waals surface area contributed by atoms with Crippen LogP contribution in [0.15, 0.2) is 57.7 Å². The van der Waals surface area contributed by atoms with Crippen LogP contribution in [-0.2, 0) is 38.1 Å². The molecule has 1 aliphatic carbocycles. The van der Waals surface area contributed by atoms with Crippen molar-refractivity contribution < 1.29 is 57.6 Å². The Morgan fingerprint density at radius 1 is 0.744 bits per heavy atom. The van der Waals surface area contributed by atoms with E-state index in [4.69, 9.17) is 23.4 Å². The average Bonchev–Trinajstić information content (AvgIpc) is 3.01. The van der Waals surface area contributed by atoms with Crippen LogP contribution >= 0.6 is 0 Å². The molecule has 4 rings (SSSR count). The molecular weight excluding hydrogens is 572 g/mol. The van der Waals surface area contributed by atoms with E-state index in [9.17, 15) is 39.0 Å². The van der Waals surface area contributed by atoms with Crippen molar-refractivity contribution in [3.05, 3.63) is 64.3 Å². The van der Waals surface area contributed by atoms with Gasteiger partial charge in [-0.15, -0.1) is 0 Å². The van der Waals surface area contributed by atoms with Gasteiger partial charge < -0.3 is 33.6 Å². The molecule has 0 radical (unpaired) electrons. The molecule has 0 unspecified atom stereocenters. The highest BCUT2D eigenvalue weighted by Gasteiger charge is 2.30. The second-order valence-corrected chi connectivity index (χ2v) is 8.57. The number of hydrogen-bond donors (Lipinski definition) is 2. The van der Waals surface area contributed by atoms with E-state index >= 15 is 0 Å². The number of anilines is 2. The molecule has 43 heavy (non-hydrogen) atoms. The van der Waals surface area contributed by atoms with Crippen LogP contribution in [0.4, 0.5) is 11.4 Å². The number of rotatable bonds is 16. The molecule has 2 aliphatic rings. The van der Waals surface area contributed by atoms with Gasteiger partial charge in [0.15, 0.2) is 38.3 Å². The topological polar surface area (TPSA) is 199 Å². The lowest BCUT2D eigenvalue weighted by molar-refractivity contribution is -0.132. The summed E-state index contributed by atoms with van der Waals surface area (Å²) in [4.78, 5) is 71.7. The molecule has 0 atom stereocenters. The number of hydrogen-bond acceptors (Lipinski definition) is 14. The van der Waals surface area contributed by atoms with Crippen LogP contribution in [0.5, 0.6) is 5.75 Å². The Kier molecular flexibility index (Phi) is 9.37. The number of carboxylic acids is 1. The minimum Gasteiger partial charge on any atom is -0.506 e. The van der Waals surface area contributed by atoms with E-state index in [-0.39, 0.29) is 76.2 Å². The van der Waals surface area contributed by atoms with Crippen LogP contribution in [0.1, 0.15) is 10.4 Å². The number of fused-ring (bicyclic) bond motifs is 2. The largest absolute Gasteiger partial charge is 0.506 e. The van der Waals surface area contributed by atoms with E-state index in [0.717, 1.165) is 9.80 Å².